The summed E-state index contributed by atoms with van der Waals surface area (Å²) in [5.74, 6) is 0.364. The van der Waals surface area contributed by atoms with Crippen molar-refractivity contribution in [1.29, 1.82) is 0 Å². The Labute approximate surface area is 141 Å². The van der Waals surface area contributed by atoms with E-state index < -0.39 is 6.04 Å². The smallest absolute Gasteiger partial charge is 0.256 e. The SMILES string of the molecule is CCOc1ccc(N[C@@H]2CC(=O)N(c3ccc(C)cc3)C2=O)cc1. The zero-order chi connectivity index (χ0) is 17.1. The Kier molecular flexibility index (Phi) is 4.51. The van der Waals surface area contributed by atoms with Gasteiger partial charge < -0.3 is 10.1 Å². The molecule has 0 saturated carbocycles. The average Bonchev–Trinajstić information content (AvgIpc) is 2.85. The van der Waals surface area contributed by atoms with Crippen molar-refractivity contribution in [2.24, 2.45) is 0 Å². The normalized spacial score (nSPS) is 17.2. The van der Waals surface area contributed by atoms with Gasteiger partial charge in [-0.1, -0.05) is 17.7 Å². The minimum absolute atomic E-state index is 0.153. The van der Waals surface area contributed by atoms with Gasteiger partial charge in [-0.15, -0.1) is 0 Å². The van der Waals surface area contributed by atoms with Gasteiger partial charge in [0.1, 0.15) is 11.8 Å². The molecule has 3 rings (SSSR count). The van der Waals surface area contributed by atoms with Gasteiger partial charge in [-0.25, -0.2) is 4.90 Å². The van der Waals surface area contributed by atoms with E-state index in [1.54, 1.807) is 12.1 Å². The molecule has 5 heteroatoms. The first kappa shape index (κ1) is 16.1. The van der Waals surface area contributed by atoms with Gasteiger partial charge in [0.05, 0.1) is 18.7 Å². The van der Waals surface area contributed by atoms with Crippen LogP contribution < -0.4 is 15.0 Å². The number of nitrogens with zero attached hydrogens (tertiary/aromatic N) is 1. The topological polar surface area (TPSA) is 58.6 Å². The second kappa shape index (κ2) is 6.74. The molecule has 124 valence electrons. The number of benzene rings is 2. The van der Waals surface area contributed by atoms with Crippen molar-refractivity contribution < 1.29 is 14.3 Å². The Morgan fingerprint density at radius 3 is 2.38 bits per heavy atom. The maximum atomic E-state index is 12.6. The van der Waals surface area contributed by atoms with Crippen LogP contribution in [0, 0.1) is 6.92 Å². The van der Waals surface area contributed by atoms with Crippen molar-refractivity contribution in [3.63, 3.8) is 0 Å². The van der Waals surface area contributed by atoms with Crippen LogP contribution >= 0.6 is 0 Å². The standard InChI is InChI=1S/C19H20N2O3/c1-3-24-16-10-6-14(7-11-16)20-17-12-18(22)21(19(17)23)15-8-4-13(2)5-9-15/h4-11,17,20H,3,12H2,1-2H3/t17-/m1/s1. The fourth-order valence-corrected chi connectivity index (χ4v) is 2.73. The first-order valence-corrected chi connectivity index (χ1v) is 8.01. The number of rotatable bonds is 5. The second-order valence-corrected chi connectivity index (χ2v) is 5.76. The summed E-state index contributed by atoms with van der Waals surface area (Å²) in [4.78, 5) is 26.1. The summed E-state index contributed by atoms with van der Waals surface area (Å²) in [6, 6.07) is 14.2. The van der Waals surface area contributed by atoms with Crippen LogP contribution in [-0.4, -0.2) is 24.5 Å². The summed E-state index contributed by atoms with van der Waals surface area (Å²) < 4.78 is 5.40. The number of carbonyl (C=O) groups is 2. The Hall–Kier alpha value is -2.82. The average molecular weight is 324 g/mol. The van der Waals surface area contributed by atoms with Crippen LogP contribution in [-0.2, 0) is 9.59 Å². The Bertz CT molecular complexity index is 738. The van der Waals surface area contributed by atoms with Crippen molar-refractivity contribution in [3.05, 3.63) is 54.1 Å². The van der Waals surface area contributed by atoms with Gasteiger partial charge in [-0.2, -0.15) is 0 Å². The lowest BCUT2D eigenvalue weighted by atomic mass is 10.2. The highest BCUT2D eigenvalue weighted by Gasteiger charge is 2.39. The molecule has 1 aliphatic heterocycles. The molecule has 1 atom stereocenters. The van der Waals surface area contributed by atoms with Gasteiger partial charge in [0, 0.05) is 5.69 Å². The van der Waals surface area contributed by atoms with Crippen LogP contribution in [0.5, 0.6) is 5.75 Å². The number of amides is 2. The lowest BCUT2D eigenvalue weighted by Crippen LogP contribution is -2.34. The van der Waals surface area contributed by atoms with Crippen LogP contribution in [0.4, 0.5) is 11.4 Å². The van der Waals surface area contributed by atoms with Gasteiger partial charge in [0.2, 0.25) is 5.91 Å². The predicted octanol–water partition coefficient (Wildman–Crippen LogP) is 3.14. The lowest BCUT2D eigenvalue weighted by Gasteiger charge is -2.16. The molecule has 0 spiro atoms. The third kappa shape index (κ3) is 3.25. The summed E-state index contributed by atoms with van der Waals surface area (Å²) in [5.41, 5.74) is 2.49. The molecule has 0 aromatic heterocycles. The van der Waals surface area contributed by atoms with Crippen molar-refractivity contribution in [1.82, 2.24) is 0 Å². The van der Waals surface area contributed by atoms with E-state index in [-0.39, 0.29) is 18.2 Å². The summed E-state index contributed by atoms with van der Waals surface area (Å²) in [5, 5.41) is 3.13. The van der Waals surface area contributed by atoms with Crippen LogP contribution in [0.25, 0.3) is 0 Å². The molecule has 1 aliphatic rings. The summed E-state index contributed by atoms with van der Waals surface area (Å²) in [6.45, 7) is 4.50. The number of anilines is 2. The molecule has 24 heavy (non-hydrogen) atoms. The highest BCUT2D eigenvalue weighted by Crippen LogP contribution is 2.26. The summed E-state index contributed by atoms with van der Waals surface area (Å²) in [6.07, 6.45) is 0.153. The van der Waals surface area contributed by atoms with Crippen molar-refractivity contribution in [2.45, 2.75) is 26.3 Å². The third-order valence-electron chi connectivity index (χ3n) is 3.95. The molecule has 1 N–H and O–H groups in total. The van der Waals surface area contributed by atoms with Crippen LogP contribution in [0.3, 0.4) is 0 Å². The van der Waals surface area contributed by atoms with E-state index in [9.17, 15) is 9.59 Å². The molecule has 0 aliphatic carbocycles. The van der Waals surface area contributed by atoms with E-state index in [4.69, 9.17) is 4.74 Å². The number of hydrogen-bond acceptors (Lipinski definition) is 4. The minimum atomic E-state index is -0.545. The predicted molar refractivity (Wildman–Crippen MR) is 93.3 cm³/mol. The van der Waals surface area contributed by atoms with Gasteiger partial charge in [0.25, 0.3) is 5.91 Å². The summed E-state index contributed by atoms with van der Waals surface area (Å²) in [7, 11) is 0. The largest absolute Gasteiger partial charge is 0.494 e. The molecule has 5 nitrogen and oxygen atoms in total. The van der Waals surface area contributed by atoms with Crippen LogP contribution in [0.1, 0.15) is 18.9 Å². The molecule has 2 amide bonds. The highest BCUT2D eigenvalue weighted by atomic mass is 16.5. The van der Waals surface area contributed by atoms with E-state index in [1.807, 2.05) is 50.2 Å². The second-order valence-electron chi connectivity index (χ2n) is 5.76. The van der Waals surface area contributed by atoms with Gasteiger partial charge in [-0.3, -0.25) is 9.59 Å². The number of ether oxygens (including phenoxy) is 1. The highest BCUT2D eigenvalue weighted by molar-refractivity contribution is 6.23. The molecule has 2 aromatic carbocycles. The first-order valence-electron chi connectivity index (χ1n) is 8.01. The van der Waals surface area contributed by atoms with E-state index in [0.29, 0.717) is 12.3 Å². The first-order chi connectivity index (χ1) is 11.6. The lowest BCUT2D eigenvalue weighted by molar-refractivity contribution is -0.121. The molecule has 2 aromatic rings. The quantitative estimate of drug-likeness (QED) is 0.859. The maximum Gasteiger partial charge on any atom is 0.256 e. The number of aryl methyl sites for hydroxylation is 1. The zero-order valence-electron chi connectivity index (χ0n) is 13.8. The fraction of sp³-hybridized carbons (Fsp3) is 0.263. The molecular formula is C19H20N2O3. The van der Waals surface area contributed by atoms with Crippen LogP contribution in [0.2, 0.25) is 0 Å². The fourth-order valence-electron chi connectivity index (χ4n) is 2.73. The summed E-state index contributed by atoms with van der Waals surface area (Å²) >= 11 is 0. The van der Waals surface area contributed by atoms with Crippen molar-refractivity contribution in [3.8, 4) is 5.75 Å². The number of nitrogens with one attached hydrogen (secondary N) is 1. The minimum Gasteiger partial charge on any atom is -0.494 e. The van der Waals surface area contributed by atoms with Crippen molar-refractivity contribution >= 4 is 23.2 Å². The molecule has 0 radical (unpaired) electrons. The molecule has 1 fully saturated rings. The number of carbonyl (C=O) groups excluding carboxylic acids is 2. The van der Waals surface area contributed by atoms with E-state index in [1.165, 1.54) is 4.90 Å². The van der Waals surface area contributed by atoms with E-state index in [2.05, 4.69) is 5.32 Å². The van der Waals surface area contributed by atoms with Crippen molar-refractivity contribution in [2.75, 3.05) is 16.8 Å². The molecule has 0 bridgehead atoms. The van der Waals surface area contributed by atoms with E-state index in [0.717, 1.165) is 17.0 Å². The molecule has 1 saturated heterocycles. The van der Waals surface area contributed by atoms with Gasteiger partial charge in [-0.05, 0) is 50.2 Å². The third-order valence-corrected chi connectivity index (χ3v) is 3.95. The number of imide groups is 1. The Balaban J connectivity index is 1.72. The molecular weight excluding hydrogens is 304 g/mol. The molecule has 1 heterocycles. The van der Waals surface area contributed by atoms with E-state index >= 15 is 0 Å². The monoisotopic (exact) mass is 324 g/mol. The van der Waals surface area contributed by atoms with Crippen LogP contribution in [0.15, 0.2) is 48.5 Å². The van der Waals surface area contributed by atoms with Gasteiger partial charge >= 0.3 is 0 Å². The Morgan fingerprint density at radius 1 is 1.08 bits per heavy atom. The number of hydrogen-bond donors (Lipinski definition) is 1. The van der Waals surface area contributed by atoms with Gasteiger partial charge in [0.15, 0.2) is 0 Å². The zero-order valence-corrected chi connectivity index (χ0v) is 13.8. The molecule has 0 unspecified atom stereocenters. The maximum absolute atomic E-state index is 12.6. The Morgan fingerprint density at radius 2 is 1.75 bits per heavy atom.